The Morgan fingerprint density at radius 3 is 2.61 bits per heavy atom. The van der Waals surface area contributed by atoms with Gasteiger partial charge in [-0.3, -0.25) is 9.69 Å². The number of rotatable bonds is 4. The Labute approximate surface area is 164 Å². The van der Waals surface area contributed by atoms with Crippen LogP contribution in [0.4, 0.5) is 0 Å². The molecular weight excluding hydrogens is 358 g/mol. The number of carbonyl (C=O) groups is 1. The highest BCUT2D eigenvalue weighted by Gasteiger charge is 2.28. The highest BCUT2D eigenvalue weighted by atomic mass is 16.5. The maximum Gasteiger partial charge on any atom is 0.236 e. The van der Waals surface area contributed by atoms with Crippen molar-refractivity contribution in [3.8, 4) is 11.3 Å². The Morgan fingerprint density at radius 2 is 1.93 bits per heavy atom. The van der Waals surface area contributed by atoms with Crippen molar-refractivity contribution in [1.29, 1.82) is 0 Å². The van der Waals surface area contributed by atoms with Gasteiger partial charge in [0.25, 0.3) is 0 Å². The normalized spacial score (nSPS) is 19.1. The van der Waals surface area contributed by atoms with Gasteiger partial charge in [0.2, 0.25) is 5.91 Å². The van der Waals surface area contributed by atoms with E-state index in [4.69, 9.17) is 14.2 Å². The van der Waals surface area contributed by atoms with Gasteiger partial charge in [-0.15, -0.1) is 0 Å². The van der Waals surface area contributed by atoms with Crippen LogP contribution < -0.4 is 0 Å². The van der Waals surface area contributed by atoms with E-state index in [-0.39, 0.29) is 5.91 Å². The van der Waals surface area contributed by atoms with Crippen LogP contribution in [0.5, 0.6) is 0 Å². The lowest BCUT2D eigenvalue weighted by Gasteiger charge is -2.34. The van der Waals surface area contributed by atoms with Crippen LogP contribution in [-0.4, -0.2) is 76.8 Å². The highest BCUT2D eigenvalue weighted by Crippen LogP contribution is 2.34. The number of ether oxygens (including phenoxy) is 1. The van der Waals surface area contributed by atoms with Crippen LogP contribution in [0.2, 0.25) is 0 Å². The number of amides is 1. The first kappa shape index (κ1) is 19.0. The minimum atomic E-state index is 0.206. The molecule has 2 fully saturated rings. The minimum Gasteiger partial charge on any atom is -0.378 e. The van der Waals surface area contributed by atoms with Crippen molar-refractivity contribution in [2.45, 2.75) is 32.6 Å². The molecule has 150 valence electrons. The molecule has 28 heavy (non-hydrogen) atoms. The molecule has 0 bridgehead atoms. The Hall–Kier alpha value is -2.32. The molecule has 0 saturated carbocycles. The van der Waals surface area contributed by atoms with Gasteiger partial charge >= 0.3 is 0 Å². The fraction of sp³-hybridized carbons (Fsp3) is 0.600. The van der Waals surface area contributed by atoms with Crippen molar-refractivity contribution >= 4 is 5.91 Å². The zero-order chi connectivity index (χ0) is 19.5. The lowest BCUT2D eigenvalue weighted by atomic mass is 9.90. The molecule has 2 aromatic rings. The molecule has 1 amide bonds. The van der Waals surface area contributed by atoms with Gasteiger partial charge in [0, 0.05) is 31.3 Å². The molecule has 8 heteroatoms. The smallest absolute Gasteiger partial charge is 0.236 e. The third-order valence-corrected chi connectivity index (χ3v) is 5.53. The monoisotopic (exact) mass is 385 g/mol. The van der Waals surface area contributed by atoms with Gasteiger partial charge in [0.1, 0.15) is 5.82 Å². The SMILES string of the molecule is Cc1cc(-c2cnc(C)nc2C2CCN(CC(=O)N3CCOCC3)CC2)on1. The minimum absolute atomic E-state index is 0.206. The zero-order valence-electron chi connectivity index (χ0n) is 16.6. The van der Waals surface area contributed by atoms with Crippen LogP contribution >= 0.6 is 0 Å². The van der Waals surface area contributed by atoms with Gasteiger partial charge in [0.05, 0.1) is 36.7 Å². The summed E-state index contributed by atoms with van der Waals surface area (Å²) < 4.78 is 10.8. The fourth-order valence-corrected chi connectivity index (χ4v) is 3.95. The molecule has 0 unspecified atom stereocenters. The molecule has 4 heterocycles. The molecule has 0 spiro atoms. The van der Waals surface area contributed by atoms with E-state index in [0.29, 0.717) is 38.8 Å². The average molecular weight is 385 g/mol. The predicted molar refractivity (Wildman–Crippen MR) is 103 cm³/mol. The molecule has 0 aliphatic carbocycles. The number of nitrogens with zero attached hydrogens (tertiary/aromatic N) is 5. The molecule has 2 aliphatic heterocycles. The van der Waals surface area contributed by atoms with Crippen molar-refractivity contribution in [3.63, 3.8) is 0 Å². The van der Waals surface area contributed by atoms with Gasteiger partial charge in [-0.2, -0.15) is 0 Å². The molecule has 0 aromatic carbocycles. The fourth-order valence-electron chi connectivity index (χ4n) is 3.95. The summed E-state index contributed by atoms with van der Waals surface area (Å²) in [6, 6.07) is 1.92. The van der Waals surface area contributed by atoms with E-state index in [2.05, 4.69) is 15.0 Å². The summed E-state index contributed by atoms with van der Waals surface area (Å²) in [5, 5.41) is 4.00. The zero-order valence-corrected chi connectivity index (χ0v) is 16.6. The lowest BCUT2D eigenvalue weighted by molar-refractivity contribution is -0.136. The largest absolute Gasteiger partial charge is 0.378 e. The maximum absolute atomic E-state index is 12.5. The molecule has 0 radical (unpaired) electrons. The van der Waals surface area contributed by atoms with Gasteiger partial charge in [-0.1, -0.05) is 5.16 Å². The molecule has 0 atom stereocenters. The van der Waals surface area contributed by atoms with E-state index in [1.165, 1.54) is 0 Å². The predicted octanol–water partition coefficient (Wildman–Crippen LogP) is 1.79. The summed E-state index contributed by atoms with van der Waals surface area (Å²) in [7, 11) is 0. The van der Waals surface area contributed by atoms with E-state index < -0.39 is 0 Å². The standard InChI is InChI=1S/C20H27N5O3/c1-14-11-18(28-23-14)17-12-21-15(2)22-20(17)16-3-5-24(6-4-16)13-19(26)25-7-9-27-10-8-25/h11-12,16H,3-10,13H2,1-2H3. The van der Waals surface area contributed by atoms with Crippen molar-refractivity contribution in [1.82, 2.24) is 24.9 Å². The molecule has 2 aliphatic rings. The summed E-state index contributed by atoms with van der Waals surface area (Å²) in [6.45, 7) is 8.78. The molecule has 0 N–H and O–H groups in total. The van der Waals surface area contributed by atoms with Crippen LogP contribution in [0.1, 0.15) is 36.0 Å². The average Bonchev–Trinajstić information content (AvgIpc) is 3.15. The topological polar surface area (TPSA) is 84.6 Å². The number of morpholine rings is 1. The van der Waals surface area contributed by atoms with Crippen molar-refractivity contribution < 1.29 is 14.1 Å². The number of aryl methyl sites for hydroxylation is 2. The number of likely N-dealkylation sites (tertiary alicyclic amines) is 1. The Bertz CT molecular complexity index is 823. The quantitative estimate of drug-likeness (QED) is 0.793. The van der Waals surface area contributed by atoms with Gasteiger partial charge in [-0.25, -0.2) is 9.97 Å². The molecule has 2 aromatic heterocycles. The third kappa shape index (κ3) is 4.23. The van der Waals surface area contributed by atoms with Crippen molar-refractivity contribution in [3.05, 3.63) is 29.5 Å². The lowest BCUT2D eigenvalue weighted by Crippen LogP contribution is -2.47. The summed E-state index contributed by atoms with van der Waals surface area (Å²) in [5.74, 6) is 2.02. The Morgan fingerprint density at radius 1 is 1.18 bits per heavy atom. The summed E-state index contributed by atoms with van der Waals surface area (Å²) in [4.78, 5) is 25.7. The first-order chi connectivity index (χ1) is 13.6. The molecule has 8 nitrogen and oxygen atoms in total. The second-order valence-electron chi connectivity index (χ2n) is 7.59. The Kier molecular flexibility index (Phi) is 5.68. The van der Waals surface area contributed by atoms with Crippen molar-refractivity contribution in [2.24, 2.45) is 0 Å². The van der Waals surface area contributed by atoms with E-state index in [1.807, 2.05) is 31.0 Å². The third-order valence-electron chi connectivity index (χ3n) is 5.53. The first-order valence-electron chi connectivity index (χ1n) is 9.95. The van der Waals surface area contributed by atoms with Gasteiger partial charge in [-0.05, 0) is 39.8 Å². The second-order valence-corrected chi connectivity index (χ2v) is 7.59. The Balaban J connectivity index is 1.41. The number of aromatic nitrogens is 3. The summed E-state index contributed by atoms with van der Waals surface area (Å²) in [5.41, 5.74) is 2.80. The van der Waals surface area contributed by atoms with Crippen LogP contribution in [0.15, 0.2) is 16.8 Å². The maximum atomic E-state index is 12.5. The molecular formula is C20H27N5O3. The van der Waals surface area contributed by atoms with E-state index in [0.717, 1.165) is 54.5 Å². The summed E-state index contributed by atoms with van der Waals surface area (Å²) >= 11 is 0. The van der Waals surface area contributed by atoms with Crippen LogP contribution in [0, 0.1) is 13.8 Å². The van der Waals surface area contributed by atoms with Crippen molar-refractivity contribution in [2.75, 3.05) is 45.9 Å². The first-order valence-corrected chi connectivity index (χ1v) is 9.95. The van der Waals surface area contributed by atoms with Crippen LogP contribution in [0.3, 0.4) is 0 Å². The molecule has 2 saturated heterocycles. The second kappa shape index (κ2) is 8.36. The van der Waals surface area contributed by atoms with Crippen LogP contribution in [-0.2, 0) is 9.53 Å². The number of carbonyl (C=O) groups excluding carboxylic acids is 1. The van der Waals surface area contributed by atoms with E-state index >= 15 is 0 Å². The van der Waals surface area contributed by atoms with E-state index in [9.17, 15) is 4.79 Å². The molecule has 4 rings (SSSR count). The van der Waals surface area contributed by atoms with Crippen LogP contribution in [0.25, 0.3) is 11.3 Å². The number of piperidine rings is 1. The van der Waals surface area contributed by atoms with Gasteiger partial charge in [0.15, 0.2) is 5.76 Å². The van der Waals surface area contributed by atoms with Gasteiger partial charge < -0.3 is 14.2 Å². The number of hydrogen-bond acceptors (Lipinski definition) is 7. The number of hydrogen-bond donors (Lipinski definition) is 0. The highest BCUT2D eigenvalue weighted by molar-refractivity contribution is 5.78. The summed E-state index contributed by atoms with van der Waals surface area (Å²) in [6.07, 6.45) is 3.77. The van der Waals surface area contributed by atoms with E-state index in [1.54, 1.807) is 0 Å².